The molecule has 0 radical (unpaired) electrons. The van der Waals surface area contributed by atoms with Gasteiger partial charge in [-0.3, -0.25) is 9.36 Å². The van der Waals surface area contributed by atoms with E-state index in [0.29, 0.717) is 39.9 Å². The summed E-state index contributed by atoms with van der Waals surface area (Å²) in [6.07, 6.45) is 0. The Morgan fingerprint density at radius 2 is 1.83 bits per heavy atom. The zero-order valence-electron chi connectivity index (χ0n) is 15.9. The van der Waals surface area contributed by atoms with E-state index in [-0.39, 0.29) is 18.2 Å². The van der Waals surface area contributed by atoms with Crippen LogP contribution in [0.1, 0.15) is 11.1 Å². The number of hydrogen-bond acceptors (Lipinski definition) is 5. The van der Waals surface area contributed by atoms with E-state index in [2.05, 4.69) is 0 Å². The van der Waals surface area contributed by atoms with E-state index in [1.807, 2.05) is 42.5 Å². The molecule has 0 amide bonds. The Hall–Kier alpha value is -3.32. The van der Waals surface area contributed by atoms with E-state index in [0.717, 1.165) is 11.1 Å². The molecule has 30 heavy (non-hydrogen) atoms. The molecule has 4 aromatic rings. The molecule has 5 rings (SSSR count). The molecule has 0 spiro atoms. The topological polar surface area (TPSA) is 53.4 Å². The van der Waals surface area contributed by atoms with Crippen LogP contribution < -0.4 is 15.0 Å². The summed E-state index contributed by atoms with van der Waals surface area (Å²) in [5.41, 5.74) is 2.27. The van der Waals surface area contributed by atoms with E-state index in [4.69, 9.17) is 14.5 Å². The lowest BCUT2D eigenvalue weighted by molar-refractivity contribution is 0.174. The van der Waals surface area contributed by atoms with Crippen LogP contribution in [-0.2, 0) is 12.3 Å². The minimum Gasteiger partial charge on any atom is -0.454 e. The second kappa shape index (κ2) is 7.84. The first kappa shape index (κ1) is 18.7. The standard InChI is InChI=1S/C23H17FN2O3S/c24-17-5-3-4-16(10-17)13-30-23-25-19-7-2-1-6-18(19)22(27)26(23)12-15-8-9-20-21(11-15)29-14-28-20/h1-11H,12-14H2. The van der Waals surface area contributed by atoms with Crippen molar-refractivity contribution in [2.45, 2.75) is 17.5 Å². The first-order valence-electron chi connectivity index (χ1n) is 9.43. The predicted molar refractivity (Wildman–Crippen MR) is 114 cm³/mol. The monoisotopic (exact) mass is 420 g/mol. The van der Waals surface area contributed by atoms with Crippen LogP contribution in [0.15, 0.2) is 76.7 Å². The minimum absolute atomic E-state index is 0.111. The summed E-state index contributed by atoms with van der Waals surface area (Å²) in [5.74, 6) is 1.59. The van der Waals surface area contributed by atoms with Crippen molar-refractivity contribution in [3.8, 4) is 11.5 Å². The van der Waals surface area contributed by atoms with Gasteiger partial charge >= 0.3 is 0 Å². The van der Waals surface area contributed by atoms with Crippen molar-refractivity contribution >= 4 is 22.7 Å². The van der Waals surface area contributed by atoms with Crippen molar-refractivity contribution in [2.24, 2.45) is 0 Å². The van der Waals surface area contributed by atoms with Crippen molar-refractivity contribution in [2.75, 3.05) is 6.79 Å². The molecule has 7 heteroatoms. The number of ether oxygens (including phenoxy) is 2. The van der Waals surface area contributed by atoms with Crippen LogP contribution in [-0.4, -0.2) is 16.3 Å². The van der Waals surface area contributed by atoms with E-state index < -0.39 is 0 Å². The number of fused-ring (bicyclic) bond motifs is 2. The highest BCUT2D eigenvalue weighted by Gasteiger charge is 2.16. The first-order valence-corrected chi connectivity index (χ1v) is 10.4. The van der Waals surface area contributed by atoms with Crippen molar-refractivity contribution in [3.63, 3.8) is 0 Å². The summed E-state index contributed by atoms with van der Waals surface area (Å²) in [4.78, 5) is 18.0. The van der Waals surface area contributed by atoms with Crippen LogP contribution in [0.3, 0.4) is 0 Å². The van der Waals surface area contributed by atoms with Gasteiger partial charge in [0.25, 0.3) is 5.56 Å². The maximum absolute atomic E-state index is 13.5. The lowest BCUT2D eigenvalue weighted by atomic mass is 10.2. The first-order chi connectivity index (χ1) is 14.7. The van der Waals surface area contributed by atoms with Crippen LogP contribution >= 0.6 is 11.8 Å². The van der Waals surface area contributed by atoms with Gasteiger partial charge in [0.2, 0.25) is 6.79 Å². The van der Waals surface area contributed by atoms with Crippen molar-refractivity contribution in [3.05, 3.63) is 94.0 Å². The highest BCUT2D eigenvalue weighted by Crippen LogP contribution is 2.33. The average molecular weight is 420 g/mol. The predicted octanol–water partition coefficient (Wildman–Crippen LogP) is 4.60. The van der Waals surface area contributed by atoms with Crippen molar-refractivity contribution in [1.29, 1.82) is 0 Å². The fourth-order valence-corrected chi connectivity index (χ4v) is 4.34. The molecular weight excluding hydrogens is 403 g/mol. The molecule has 1 aliphatic heterocycles. The summed E-state index contributed by atoms with van der Waals surface area (Å²) in [7, 11) is 0. The van der Waals surface area contributed by atoms with Crippen LogP contribution in [0.4, 0.5) is 4.39 Å². The van der Waals surface area contributed by atoms with Gasteiger partial charge in [0, 0.05) is 5.75 Å². The zero-order valence-corrected chi connectivity index (χ0v) is 16.7. The Bertz CT molecular complexity index is 1310. The van der Waals surface area contributed by atoms with Crippen molar-refractivity contribution in [1.82, 2.24) is 9.55 Å². The molecule has 150 valence electrons. The van der Waals surface area contributed by atoms with Gasteiger partial charge < -0.3 is 9.47 Å². The molecular formula is C23H17FN2O3S. The molecule has 1 aliphatic rings. The largest absolute Gasteiger partial charge is 0.454 e. The lowest BCUT2D eigenvalue weighted by Gasteiger charge is -2.14. The fraction of sp³-hybridized carbons (Fsp3) is 0.130. The molecule has 0 atom stereocenters. The molecule has 1 aromatic heterocycles. The van der Waals surface area contributed by atoms with Crippen molar-refractivity contribution < 1.29 is 13.9 Å². The second-order valence-electron chi connectivity index (χ2n) is 6.91. The SMILES string of the molecule is O=c1c2ccccc2nc(SCc2cccc(F)c2)n1Cc1ccc2c(c1)OCO2. The van der Waals surface area contributed by atoms with E-state index in [1.165, 1.54) is 23.9 Å². The smallest absolute Gasteiger partial charge is 0.262 e. The van der Waals surface area contributed by atoms with E-state index in [9.17, 15) is 9.18 Å². The number of thioether (sulfide) groups is 1. The van der Waals surface area contributed by atoms with Gasteiger partial charge in [0.05, 0.1) is 17.4 Å². The molecule has 0 saturated heterocycles. The summed E-state index contributed by atoms with van der Waals surface area (Å²) in [5, 5.41) is 1.15. The lowest BCUT2D eigenvalue weighted by Crippen LogP contribution is -2.24. The van der Waals surface area contributed by atoms with Gasteiger partial charge in [-0.15, -0.1) is 0 Å². The molecule has 0 fully saturated rings. The molecule has 3 aromatic carbocycles. The Morgan fingerprint density at radius 1 is 0.967 bits per heavy atom. The quantitative estimate of drug-likeness (QED) is 0.349. The molecule has 2 heterocycles. The maximum atomic E-state index is 13.5. The number of aromatic nitrogens is 2. The Kier molecular flexibility index (Phi) is 4.88. The van der Waals surface area contributed by atoms with Crippen LogP contribution in [0, 0.1) is 5.82 Å². The highest BCUT2D eigenvalue weighted by molar-refractivity contribution is 7.98. The summed E-state index contributed by atoms with van der Waals surface area (Å²) >= 11 is 1.41. The average Bonchev–Trinajstić information content (AvgIpc) is 3.22. The van der Waals surface area contributed by atoms with Crippen LogP contribution in [0.2, 0.25) is 0 Å². The molecule has 0 bridgehead atoms. The third-order valence-corrected chi connectivity index (χ3v) is 5.91. The number of hydrogen-bond donors (Lipinski definition) is 0. The molecule has 0 aliphatic carbocycles. The third-order valence-electron chi connectivity index (χ3n) is 4.86. The van der Waals surface area contributed by atoms with E-state index in [1.54, 1.807) is 16.7 Å². The van der Waals surface area contributed by atoms with Crippen LogP contribution in [0.25, 0.3) is 10.9 Å². The van der Waals surface area contributed by atoms with E-state index >= 15 is 0 Å². The van der Waals surface area contributed by atoms with Gasteiger partial charge in [-0.05, 0) is 47.5 Å². The zero-order chi connectivity index (χ0) is 20.5. The second-order valence-corrected chi connectivity index (χ2v) is 7.85. The molecule has 0 N–H and O–H groups in total. The summed E-state index contributed by atoms with van der Waals surface area (Å²) in [6.45, 7) is 0.545. The van der Waals surface area contributed by atoms with Gasteiger partial charge in [0.15, 0.2) is 16.7 Å². The minimum atomic E-state index is -0.280. The number of para-hydroxylation sites is 1. The fourth-order valence-electron chi connectivity index (χ4n) is 3.39. The van der Waals surface area contributed by atoms with Crippen LogP contribution in [0.5, 0.6) is 11.5 Å². The summed E-state index contributed by atoms with van der Waals surface area (Å²) in [6, 6.07) is 19.4. The molecule has 5 nitrogen and oxygen atoms in total. The Labute approximate surface area is 176 Å². The Balaban J connectivity index is 1.53. The van der Waals surface area contributed by atoms with Gasteiger partial charge in [-0.1, -0.05) is 42.1 Å². The highest BCUT2D eigenvalue weighted by atomic mass is 32.2. The summed E-state index contributed by atoms with van der Waals surface area (Å²) < 4.78 is 26.0. The third kappa shape index (κ3) is 3.64. The number of benzene rings is 3. The van der Waals surface area contributed by atoms with Gasteiger partial charge in [0.1, 0.15) is 5.82 Å². The molecule has 0 saturated carbocycles. The normalized spacial score (nSPS) is 12.4. The Morgan fingerprint density at radius 3 is 2.73 bits per heavy atom. The van der Waals surface area contributed by atoms with Gasteiger partial charge in [-0.2, -0.15) is 0 Å². The molecule has 0 unspecified atom stereocenters. The number of nitrogens with zero attached hydrogens (tertiary/aromatic N) is 2. The number of halogens is 1. The maximum Gasteiger partial charge on any atom is 0.262 e. The van der Waals surface area contributed by atoms with Gasteiger partial charge in [-0.25, -0.2) is 9.37 Å². The number of rotatable bonds is 5.